The standard InChI is InChI=1S/C13H20N2O2S/c1-10(14)13(7-8-13)11-5-4-6-12(9-11)15(2)18(3,16)17/h4-6,9-10H,7-8,14H2,1-3H3. The minimum atomic E-state index is -3.22. The zero-order chi connectivity index (χ0) is 13.6. The average Bonchev–Trinajstić information content (AvgIpc) is 3.08. The van der Waals surface area contributed by atoms with Crippen LogP contribution in [0.2, 0.25) is 0 Å². The van der Waals surface area contributed by atoms with Crippen molar-refractivity contribution in [3.8, 4) is 0 Å². The topological polar surface area (TPSA) is 63.4 Å². The fourth-order valence-corrected chi connectivity index (χ4v) is 2.84. The minimum absolute atomic E-state index is 0.0500. The van der Waals surface area contributed by atoms with E-state index in [1.54, 1.807) is 7.05 Å². The molecule has 100 valence electrons. The van der Waals surface area contributed by atoms with E-state index in [0.717, 1.165) is 18.4 Å². The number of hydrogen-bond donors (Lipinski definition) is 1. The second kappa shape index (κ2) is 4.24. The minimum Gasteiger partial charge on any atom is -0.327 e. The molecule has 2 N–H and O–H groups in total. The first-order chi connectivity index (χ1) is 8.27. The van der Waals surface area contributed by atoms with Crippen LogP contribution in [0, 0.1) is 0 Å². The molecule has 1 fully saturated rings. The van der Waals surface area contributed by atoms with Crippen LogP contribution in [0.15, 0.2) is 24.3 Å². The number of sulfonamides is 1. The molecule has 4 nitrogen and oxygen atoms in total. The molecule has 18 heavy (non-hydrogen) atoms. The maximum absolute atomic E-state index is 11.5. The maximum Gasteiger partial charge on any atom is 0.231 e. The molecule has 0 heterocycles. The van der Waals surface area contributed by atoms with Gasteiger partial charge in [0, 0.05) is 18.5 Å². The van der Waals surface area contributed by atoms with Gasteiger partial charge >= 0.3 is 0 Å². The first-order valence-corrected chi connectivity index (χ1v) is 7.92. The summed E-state index contributed by atoms with van der Waals surface area (Å²) >= 11 is 0. The molecule has 1 atom stereocenters. The van der Waals surface area contributed by atoms with Gasteiger partial charge in [-0.3, -0.25) is 4.31 Å². The summed E-state index contributed by atoms with van der Waals surface area (Å²) in [4.78, 5) is 0. The SMILES string of the molecule is CC(N)C1(c2cccc(N(C)S(C)(=O)=O)c2)CC1. The summed E-state index contributed by atoms with van der Waals surface area (Å²) in [5, 5.41) is 0. The van der Waals surface area contributed by atoms with Crippen molar-refractivity contribution >= 4 is 15.7 Å². The molecule has 0 amide bonds. The Morgan fingerprint density at radius 2 is 2.00 bits per heavy atom. The van der Waals surface area contributed by atoms with E-state index < -0.39 is 10.0 Å². The van der Waals surface area contributed by atoms with E-state index in [0.29, 0.717) is 5.69 Å². The van der Waals surface area contributed by atoms with Crippen LogP contribution < -0.4 is 10.0 Å². The van der Waals surface area contributed by atoms with Gasteiger partial charge in [0.25, 0.3) is 0 Å². The molecule has 0 radical (unpaired) electrons. The number of rotatable bonds is 4. The number of nitrogens with two attached hydrogens (primary N) is 1. The van der Waals surface area contributed by atoms with Crippen molar-refractivity contribution in [1.82, 2.24) is 0 Å². The third kappa shape index (κ3) is 2.24. The summed E-state index contributed by atoms with van der Waals surface area (Å²) in [7, 11) is -1.65. The lowest BCUT2D eigenvalue weighted by Gasteiger charge is -2.23. The van der Waals surface area contributed by atoms with E-state index >= 15 is 0 Å². The quantitative estimate of drug-likeness (QED) is 0.899. The normalized spacial score (nSPS) is 19.3. The predicted octanol–water partition coefficient (Wildman–Crippen LogP) is 1.46. The van der Waals surface area contributed by atoms with Crippen LogP contribution in [0.5, 0.6) is 0 Å². The highest BCUT2D eigenvalue weighted by Gasteiger charge is 2.47. The fourth-order valence-electron chi connectivity index (χ4n) is 2.34. The molecule has 2 rings (SSSR count). The molecule has 0 bridgehead atoms. The van der Waals surface area contributed by atoms with Crippen LogP contribution in [0.4, 0.5) is 5.69 Å². The van der Waals surface area contributed by atoms with Crippen molar-refractivity contribution in [2.75, 3.05) is 17.6 Å². The first kappa shape index (κ1) is 13.4. The molecule has 1 saturated carbocycles. The van der Waals surface area contributed by atoms with Crippen LogP contribution >= 0.6 is 0 Å². The number of benzene rings is 1. The van der Waals surface area contributed by atoms with Gasteiger partial charge in [-0.05, 0) is 37.5 Å². The van der Waals surface area contributed by atoms with Gasteiger partial charge in [0.1, 0.15) is 0 Å². The highest BCUT2D eigenvalue weighted by Crippen LogP contribution is 2.50. The number of anilines is 1. The maximum atomic E-state index is 11.5. The van der Waals surface area contributed by atoms with Gasteiger partial charge < -0.3 is 5.73 Å². The third-order valence-corrected chi connectivity index (χ3v) is 5.15. The summed E-state index contributed by atoms with van der Waals surface area (Å²) in [6, 6.07) is 7.78. The Morgan fingerprint density at radius 3 is 2.44 bits per heavy atom. The lowest BCUT2D eigenvalue weighted by molar-refractivity contribution is 0.556. The van der Waals surface area contributed by atoms with E-state index in [1.807, 2.05) is 31.2 Å². The van der Waals surface area contributed by atoms with E-state index in [1.165, 1.54) is 10.6 Å². The Morgan fingerprint density at radius 1 is 1.39 bits per heavy atom. The Hall–Kier alpha value is -1.07. The van der Waals surface area contributed by atoms with E-state index in [9.17, 15) is 8.42 Å². The second-order valence-electron chi connectivity index (χ2n) is 5.23. The van der Waals surface area contributed by atoms with Crippen LogP contribution in [-0.2, 0) is 15.4 Å². The van der Waals surface area contributed by atoms with Gasteiger partial charge in [0.05, 0.1) is 11.9 Å². The van der Waals surface area contributed by atoms with Gasteiger partial charge in [-0.15, -0.1) is 0 Å². The lowest BCUT2D eigenvalue weighted by Crippen LogP contribution is -2.32. The summed E-state index contributed by atoms with van der Waals surface area (Å²) in [6.07, 6.45) is 3.37. The van der Waals surface area contributed by atoms with Gasteiger partial charge in [-0.1, -0.05) is 12.1 Å². The summed E-state index contributed by atoms with van der Waals surface area (Å²) in [5.41, 5.74) is 7.93. The van der Waals surface area contributed by atoms with Crippen molar-refractivity contribution in [2.24, 2.45) is 5.73 Å². The lowest BCUT2D eigenvalue weighted by atomic mass is 9.89. The molecule has 0 saturated heterocycles. The zero-order valence-corrected chi connectivity index (χ0v) is 11.9. The second-order valence-corrected chi connectivity index (χ2v) is 7.24. The Kier molecular flexibility index (Phi) is 3.15. The van der Waals surface area contributed by atoms with Gasteiger partial charge in [-0.25, -0.2) is 8.42 Å². The molecule has 1 unspecified atom stereocenters. The van der Waals surface area contributed by atoms with Crippen molar-refractivity contribution in [2.45, 2.75) is 31.2 Å². The summed E-state index contributed by atoms with van der Waals surface area (Å²) in [6.45, 7) is 2.01. The van der Waals surface area contributed by atoms with Crippen molar-refractivity contribution < 1.29 is 8.42 Å². The Bertz CT molecular complexity index is 548. The Labute approximate surface area is 109 Å². The number of hydrogen-bond acceptors (Lipinski definition) is 3. The first-order valence-electron chi connectivity index (χ1n) is 6.07. The highest BCUT2D eigenvalue weighted by molar-refractivity contribution is 7.92. The molecular formula is C13H20N2O2S. The molecular weight excluding hydrogens is 248 g/mol. The zero-order valence-electron chi connectivity index (χ0n) is 11.1. The van der Waals surface area contributed by atoms with Gasteiger partial charge in [-0.2, -0.15) is 0 Å². The van der Waals surface area contributed by atoms with E-state index in [2.05, 4.69) is 0 Å². The molecule has 1 aromatic rings. The summed E-state index contributed by atoms with van der Waals surface area (Å²) < 4.78 is 24.4. The largest absolute Gasteiger partial charge is 0.327 e. The van der Waals surface area contributed by atoms with E-state index in [4.69, 9.17) is 5.73 Å². The molecule has 5 heteroatoms. The smallest absolute Gasteiger partial charge is 0.231 e. The van der Waals surface area contributed by atoms with Gasteiger partial charge in [0.15, 0.2) is 0 Å². The number of nitrogens with zero attached hydrogens (tertiary/aromatic N) is 1. The summed E-state index contributed by atoms with van der Waals surface area (Å²) in [5.74, 6) is 0. The fraction of sp³-hybridized carbons (Fsp3) is 0.538. The molecule has 0 spiro atoms. The monoisotopic (exact) mass is 268 g/mol. The molecule has 1 aliphatic rings. The van der Waals surface area contributed by atoms with Crippen LogP contribution in [0.3, 0.4) is 0 Å². The molecule has 1 aliphatic carbocycles. The van der Waals surface area contributed by atoms with E-state index in [-0.39, 0.29) is 11.5 Å². The van der Waals surface area contributed by atoms with Gasteiger partial charge in [0.2, 0.25) is 10.0 Å². The molecule has 1 aromatic carbocycles. The Balaban J connectivity index is 2.38. The highest BCUT2D eigenvalue weighted by atomic mass is 32.2. The third-order valence-electron chi connectivity index (χ3n) is 3.94. The van der Waals surface area contributed by atoms with Crippen molar-refractivity contribution in [3.05, 3.63) is 29.8 Å². The predicted molar refractivity (Wildman–Crippen MR) is 74.3 cm³/mol. The van der Waals surface area contributed by atoms with Crippen molar-refractivity contribution in [3.63, 3.8) is 0 Å². The van der Waals surface area contributed by atoms with Crippen molar-refractivity contribution in [1.29, 1.82) is 0 Å². The molecule has 0 aliphatic heterocycles. The van der Waals surface area contributed by atoms with Crippen LogP contribution in [0.1, 0.15) is 25.3 Å². The van der Waals surface area contributed by atoms with Crippen LogP contribution in [-0.4, -0.2) is 27.8 Å². The molecule has 0 aromatic heterocycles. The average molecular weight is 268 g/mol. The van der Waals surface area contributed by atoms with Crippen LogP contribution in [0.25, 0.3) is 0 Å².